The molecule has 0 aliphatic heterocycles. The molecule has 19 heavy (non-hydrogen) atoms. The van der Waals surface area contributed by atoms with Gasteiger partial charge in [0.1, 0.15) is 0 Å². The lowest BCUT2D eigenvalue weighted by Gasteiger charge is -2.20. The van der Waals surface area contributed by atoms with Gasteiger partial charge in [0.05, 0.1) is 18.0 Å². The second-order valence-electron chi connectivity index (χ2n) is 5.53. The first-order valence-electron chi connectivity index (χ1n) is 6.99. The average molecular weight is 250 g/mol. The highest BCUT2D eigenvalue weighted by molar-refractivity contribution is 5.88. The van der Waals surface area contributed by atoms with Crippen LogP contribution in [0, 0.1) is 25.2 Å². The highest BCUT2D eigenvalue weighted by atomic mass is 14.7. The zero-order valence-corrected chi connectivity index (χ0v) is 11.6. The van der Waals surface area contributed by atoms with Crippen molar-refractivity contribution in [1.82, 2.24) is 4.98 Å². The fourth-order valence-electron chi connectivity index (χ4n) is 3.33. The third kappa shape index (κ3) is 2.00. The number of nitrogens with zero attached hydrogens (tertiary/aromatic N) is 2. The molecule has 0 amide bonds. The van der Waals surface area contributed by atoms with Crippen LogP contribution in [0.3, 0.4) is 0 Å². The van der Waals surface area contributed by atoms with E-state index in [4.69, 9.17) is 10.2 Å². The van der Waals surface area contributed by atoms with Gasteiger partial charge in [-0.15, -0.1) is 0 Å². The van der Waals surface area contributed by atoms with Gasteiger partial charge in [-0.1, -0.05) is 6.07 Å². The summed E-state index contributed by atoms with van der Waals surface area (Å²) in [7, 11) is 0. The summed E-state index contributed by atoms with van der Waals surface area (Å²) in [5, 5.41) is 10.4. The van der Waals surface area contributed by atoms with Gasteiger partial charge >= 0.3 is 0 Å². The van der Waals surface area contributed by atoms with E-state index >= 15 is 0 Å². The summed E-state index contributed by atoms with van der Waals surface area (Å²) in [5.74, 6) is 0. The molecule has 0 saturated carbocycles. The van der Waals surface area contributed by atoms with Crippen molar-refractivity contribution in [2.45, 2.75) is 46.0 Å². The van der Waals surface area contributed by atoms with Crippen molar-refractivity contribution >= 4 is 10.9 Å². The minimum absolute atomic E-state index is 0.505. The van der Waals surface area contributed by atoms with E-state index in [1.54, 1.807) is 0 Å². The molecule has 1 aliphatic rings. The predicted molar refractivity (Wildman–Crippen MR) is 77.2 cm³/mol. The van der Waals surface area contributed by atoms with Crippen LogP contribution < -0.4 is 0 Å². The summed E-state index contributed by atoms with van der Waals surface area (Å²) in [5.41, 5.74) is 7.39. The Hall–Kier alpha value is -1.88. The van der Waals surface area contributed by atoms with Crippen molar-refractivity contribution < 1.29 is 0 Å². The van der Waals surface area contributed by atoms with E-state index in [2.05, 4.69) is 32.0 Å². The standard InChI is InChI=1S/C17H18N2/c1-11-9-12(2)17-14(7-8-18)13-5-3-4-6-15(13)19-16(17)10-11/h9-10H,3-7H2,1-2H3. The van der Waals surface area contributed by atoms with Gasteiger partial charge in [-0.05, 0) is 67.9 Å². The fourth-order valence-corrected chi connectivity index (χ4v) is 3.33. The third-order valence-corrected chi connectivity index (χ3v) is 4.08. The molecule has 2 nitrogen and oxygen atoms in total. The molecule has 0 spiro atoms. The molecule has 0 radical (unpaired) electrons. The summed E-state index contributed by atoms with van der Waals surface area (Å²) in [6, 6.07) is 6.69. The van der Waals surface area contributed by atoms with Gasteiger partial charge in [-0.3, -0.25) is 4.98 Å². The molecule has 0 atom stereocenters. The van der Waals surface area contributed by atoms with Crippen LogP contribution in [0.5, 0.6) is 0 Å². The Morgan fingerprint density at radius 3 is 2.79 bits per heavy atom. The third-order valence-electron chi connectivity index (χ3n) is 4.08. The van der Waals surface area contributed by atoms with E-state index in [1.807, 2.05) is 0 Å². The number of hydrogen-bond acceptors (Lipinski definition) is 2. The minimum atomic E-state index is 0.505. The molecule has 96 valence electrons. The van der Waals surface area contributed by atoms with E-state index in [0.29, 0.717) is 6.42 Å². The molecule has 1 aromatic heterocycles. The number of aryl methyl sites for hydroxylation is 3. The monoisotopic (exact) mass is 250 g/mol. The van der Waals surface area contributed by atoms with Crippen LogP contribution in [0.25, 0.3) is 10.9 Å². The van der Waals surface area contributed by atoms with Crippen LogP contribution >= 0.6 is 0 Å². The average Bonchev–Trinajstić information content (AvgIpc) is 2.38. The molecule has 2 aromatic rings. The Morgan fingerprint density at radius 2 is 2.00 bits per heavy atom. The largest absolute Gasteiger partial charge is 0.253 e. The van der Waals surface area contributed by atoms with E-state index < -0.39 is 0 Å². The number of pyridine rings is 1. The topological polar surface area (TPSA) is 36.7 Å². The van der Waals surface area contributed by atoms with Gasteiger partial charge in [0.25, 0.3) is 0 Å². The molecule has 0 saturated heterocycles. The van der Waals surface area contributed by atoms with Crippen molar-refractivity contribution in [1.29, 1.82) is 5.26 Å². The van der Waals surface area contributed by atoms with Crippen LogP contribution in [-0.2, 0) is 19.3 Å². The Morgan fingerprint density at radius 1 is 1.21 bits per heavy atom. The van der Waals surface area contributed by atoms with Gasteiger partial charge in [-0.2, -0.15) is 5.26 Å². The van der Waals surface area contributed by atoms with Crippen molar-refractivity contribution in [2.24, 2.45) is 0 Å². The number of benzene rings is 1. The molecule has 1 aliphatic carbocycles. The van der Waals surface area contributed by atoms with Gasteiger partial charge in [0.2, 0.25) is 0 Å². The number of nitriles is 1. The van der Waals surface area contributed by atoms with Crippen LogP contribution in [0.4, 0.5) is 0 Å². The highest BCUT2D eigenvalue weighted by Gasteiger charge is 2.18. The van der Waals surface area contributed by atoms with Crippen LogP contribution in [-0.4, -0.2) is 4.98 Å². The zero-order chi connectivity index (χ0) is 13.4. The Labute approximate surface area is 114 Å². The van der Waals surface area contributed by atoms with Gasteiger partial charge in [-0.25, -0.2) is 0 Å². The van der Waals surface area contributed by atoms with E-state index in [1.165, 1.54) is 46.2 Å². The molecule has 0 bridgehead atoms. The molecule has 0 fully saturated rings. The molecule has 0 N–H and O–H groups in total. The minimum Gasteiger partial charge on any atom is -0.253 e. The van der Waals surface area contributed by atoms with E-state index in [-0.39, 0.29) is 0 Å². The predicted octanol–water partition coefficient (Wildman–Crippen LogP) is 3.80. The number of aromatic nitrogens is 1. The van der Waals surface area contributed by atoms with Gasteiger partial charge in [0, 0.05) is 11.1 Å². The van der Waals surface area contributed by atoms with Crippen molar-refractivity contribution in [3.63, 3.8) is 0 Å². The quantitative estimate of drug-likeness (QED) is 0.772. The Balaban J connectivity index is 2.39. The van der Waals surface area contributed by atoms with Crippen LogP contribution in [0.2, 0.25) is 0 Å². The first-order chi connectivity index (χ1) is 9.20. The van der Waals surface area contributed by atoms with Gasteiger partial charge < -0.3 is 0 Å². The first-order valence-corrected chi connectivity index (χ1v) is 6.99. The lowest BCUT2D eigenvalue weighted by Crippen LogP contribution is -2.10. The second-order valence-corrected chi connectivity index (χ2v) is 5.53. The summed E-state index contributed by atoms with van der Waals surface area (Å²) < 4.78 is 0. The molecular formula is C17H18N2. The highest BCUT2D eigenvalue weighted by Crippen LogP contribution is 2.31. The SMILES string of the molecule is Cc1cc(C)c2c(CC#N)c3c(nc2c1)CCCC3. The molecule has 0 unspecified atom stereocenters. The molecular weight excluding hydrogens is 232 g/mol. The maximum atomic E-state index is 9.16. The summed E-state index contributed by atoms with van der Waals surface area (Å²) in [6.07, 6.45) is 5.11. The second kappa shape index (κ2) is 4.66. The fraction of sp³-hybridized carbons (Fsp3) is 0.412. The van der Waals surface area contributed by atoms with E-state index in [0.717, 1.165) is 18.4 Å². The summed E-state index contributed by atoms with van der Waals surface area (Å²) >= 11 is 0. The summed E-state index contributed by atoms with van der Waals surface area (Å²) in [6.45, 7) is 4.24. The maximum absolute atomic E-state index is 9.16. The molecule has 2 heteroatoms. The summed E-state index contributed by atoms with van der Waals surface area (Å²) in [4.78, 5) is 4.87. The zero-order valence-electron chi connectivity index (χ0n) is 11.6. The molecule has 3 rings (SSSR count). The van der Waals surface area contributed by atoms with Crippen molar-refractivity contribution in [2.75, 3.05) is 0 Å². The van der Waals surface area contributed by atoms with Crippen molar-refractivity contribution in [3.05, 3.63) is 40.1 Å². The lowest BCUT2D eigenvalue weighted by atomic mass is 9.87. The van der Waals surface area contributed by atoms with Gasteiger partial charge in [0.15, 0.2) is 0 Å². The van der Waals surface area contributed by atoms with E-state index in [9.17, 15) is 0 Å². The normalized spacial score (nSPS) is 14.2. The Bertz CT molecular complexity index is 693. The lowest BCUT2D eigenvalue weighted by molar-refractivity contribution is 0.666. The smallest absolute Gasteiger partial charge is 0.0713 e. The number of fused-ring (bicyclic) bond motifs is 2. The number of rotatable bonds is 1. The maximum Gasteiger partial charge on any atom is 0.0713 e. The van der Waals surface area contributed by atoms with Crippen LogP contribution in [0.1, 0.15) is 40.8 Å². The molecule has 1 aromatic carbocycles. The first kappa shape index (κ1) is 12.2. The Kier molecular flexibility index (Phi) is 2.98. The van der Waals surface area contributed by atoms with Crippen LogP contribution in [0.15, 0.2) is 12.1 Å². The number of hydrogen-bond donors (Lipinski definition) is 0. The molecule has 1 heterocycles. The van der Waals surface area contributed by atoms with Crippen molar-refractivity contribution in [3.8, 4) is 6.07 Å².